The molecule has 0 amide bonds. The summed E-state index contributed by atoms with van der Waals surface area (Å²) in [7, 11) is -1.96. The molecule has 1 aliphatic heterocycles. The Kier molecular flexibility index (Phi) is 5.70. The lowest BCUT2D eigenvalue weighted by Gasteiger charge is -2.27. The van der Waals surface area contributed by atoms with Gasteiger partial charge in [0.25, 0.3) is 0 Å². The lowest BCUT2D eigenvalue weighted by atomic mass is 10.0. The van der Waals surface area contributed by atoms with Crippen molar-refractivity contribution in [3.63, 3.8) is 0 Å². The Bertz CT molecular complexity index is 593. The van der Waals surface area contributed by atoms with Crippen molar-refractivity contribution in [3.8, 4) is 0 Å². The Balaban J connectivity index is 2.24. The lowest BCUT2D eigenvalue weighted by Crippen LogP contribution is -2.34. The largest absolute Gasteiger partial charge is 0.399 e. The second kappa shape index (κ2) is 6.95. The third-order valence-electron chi connectivity index (χ3n) is 3.55. The van der Waals surface area contributed by atoms with Crippen molar-refractivity contribution in [1.82, 2.24) is 4.31 Å². The minimum absolute atomic E-state index is 0.214. The zero-order chi connectivity index (χ0) is 15.6. The molecule has 1 aromatic rings. The van der Waals surface area contributed by atoms with Gasteiger partial charge in [-0.05, 0) is 62.8 Å². The second-order valence-electron chi connectivity index (χ2n) is 5.15. The fraction of sp³-hybridized carbons (Fsp3) is 0.538. The van der Waals surface area contributed by atoms with Gasteiger partial charge in [-0.2, -0.15) is 0 Å². The molecule has 0 bridgehead atoms. The Morgan fingerprint density at radius 1 is 1.29 bits per heavy atom. The molecular formula is C13H18Br2N2O3S. The van der Waals surface area contributed by atoms with E-state index in [1.165, 1.54) is 4.31 Å². The first-order valence-electron chi connectivity index (χ1n) is 6.61. The predicted octanol–water partition coefficient (Wildman–Crippen LogP) is 2.84. The molecule has 21 heavy (non-hydrogen) atoms. The number of nitrogens with zero attached hydrogens (tertiary/aromatic N) is 1. The summed E-state index contributed by atoms with van der Waals surface area (Å²) >= 11 is 6.58. The van der Waals surface area contributed by atoms with Crippen molar-refractivity contribution < 1.29 is 13.2 Å². The van der Waals surface area contributed by atoms with Gasteiger partial charge >= 0.3 is 0 Å². The molecule has 0 unspecified atom stereocenters. The van der Waals surface area contributed by atoms with E-state index in [2.05, 4.69) is 31.9 Å². The Labute approximate surface area is 142 Å². The molecule has 5 nitrogen and oxygen atoms in total. The van der Waals surface area contributed by atoms with Gasteiger partial charge in [0.2, 0.25) is 10.0 Å². The van der Waals surface area contributed by atoms with Crippen LogP contribution in [0.1, 0.15) is 12.8 Å². The van der Waals surface area contributed by atoms with E-state index in [1.54, 1.807) is 19.2 Å². The second-order valence-corrected chi connectivity index (χ2v) is 8.85. The zero-order valence-corrected chi connectivity index (χ0v) is 15.7. The molecule has 0 atom stereocenters. The highest BCUT2D eigenvalue weighted by Crippen LogP contribution is 2.34. The number of nitrogens with two attached hydrogens (primary N) is 1. The monoisotopic (exact) mass is 440 g/mol. The van der Waals surface area contributed by atoms with Crippen LogP contribution >= 0.6 is 31.9 Å². The van der Waals surface area contributed by atoms with Gasteiger partial charge in [0.15, 0.2) is 0 Å². The smallest absolute Gasteiger partial charge is 0.245 e. The first-order chi connectivity index (χ1) is 9.82. The fourth-order valence-electron chi connectivity index (χ4n) is 2.37. The van der Waals surface area contributed by atoms with Crippen LogP contribution < -0.4 is 5.73 Å². The van der Waals surface area contributed by atoms with Crippen LogP contribution in [0, 0.1) is 5.92 Å². The zero-order valence-electron chi connectivity index (χ0n) is 11.7. The highest BCUT2D eigenvalue weighted by atomic mass is 79.9. The van der Waals surface area contributed by atoms with Gasteiger partial charge in [0.1, 0.15) is 4.90 Å². The molecule has 1 heterocycles. The minimum Gasteiger partial charge on any atom is -0.399 e. The number of rotatable bonds is 4. The van der Waals surface area contributed by atoms with Gasteiger partial charge in [-0.15, -0.1) is 0 Å². The average molecular weight is 442 g/mol. The molecule has 0 aliphatic carbocycles. The SMILES string of the molecule is CN(CC1CCOCC1)S(=O)(=O)c1c(Br)cc(N)cc1Br. The number of anilines is 1. The average Bonchev–Trinajstić information content (AvgIpc) is 2.38. The highest BCUT2D eigenvalue weighted by molar-refractivity contribution is 9.11. The van der Waals surface area contributed by atoms with E-state index in [0.29, 0.717) is 40.3 Å². The molecule has 118 valence electrons. The Morgan fingerprint density at radius 3 is 2.33 bits per heavy atom. The van der Waals surface area contributed by atoms with Crippen molar-refractivity contribution in [1.29, 1.82) is 0 Å². The number of sulfonamides is 1. The van der Waals surface area contributed by atoms with Crippen LogP contribution in [-0.4, -0.2) is 39.5 Å². The van der Waals surface area contributed by atoms with Crippen LogP contribution in [0.4, 0.5) is 5.69 Å². The molecule has 8 heteroatoms. The summed E-state index contributed by atoms with van der Waals surface area (Å²) in [5.41, 5.74) is 6.21. The topological polar surface area (TPSA) is 72.6 Å². The number of halogens is 2. The molecule has 0 radical (unpaired) electrons. The van der Waals surface area contributed by atoms with E-state index < -0.39 is 10.0 Å². The normalized spacial score (nSPS) is 17.3. The molecule has 1 aromatic carbocycles. The molecule has 2 rings (SSSR count). The van der Waals surface area contributed by atoms with Crippen LogP contribution in [0.5, 0.6) is 0 Å². The van der Waals surface area contributed by atoms with Gasteiger partial charge in [-0.1, -0.05) is 0 Å². The summed E-state index contributed by atoms with van der Waals surface area (Å²) in [6.07, 6.45) is 1.79. The van der Waals surface area contributed by atoms with Crippen molar-refractivity contribution in [2.75, 3.05) is 32.5 Å². The molecule has 0 spiro atoms. The Morgan fingerprint density at radius 2 is 1.81 bits per heavy atom. The highest BCUT2D eigenvalue weighted by Gasteiger charge is 2.28. The van der Waals surface area contributed by atoms with Gasteiger partial charge in [-0.3, -0.25) is 0 Å². The van der Waals surface area contributed by atoms with Crippen molar-refractivity contribution in [2.24, 2.45) is 5.92 Å². The van der Waals surface area contributed by atoms with Crippen LogP contribution in [0.3, 0.4) is 0 Å². The molecule has 1 saturated heterocycles. The maximum absolute atomic E-state index is 12.8. The summed E-state index contributed by atoms with van der Waals surface area (Å²) in [6, 6.07) is 3.19. The molecular weight excluding hydrogens is 424 g/mol. The summed E-state index contributed by atoms with van der Waals surface area (Å²) in [6.45, 7) is 1.90. The molecule has 0 saturated carbocycles. The summed E-state index contributed by atoms with van der Waals surface area (Å²) < 4.78 is 33.2. The van der Waals surface area contributed by atoms with E-state index in [0.717, 1.165) is 12.8 Å². The predicted molar refractivity (Wildman–Crippen MR) is 89.6 cm³/mol. The van der Waals surface area contributed by atoms with Crippen LogP contribution in [0.15, 0.2) is 26.0 Å². The van der Waals surface area contributed by atoms with E-state index in [1.807, 2.05) is 0 Å². The first kappa shape index (κ1) is 17.2. The molecule has 1 fully saturated rings. The summed E-state index contributed by atoms with van der Waals surface area (Å²) in [4.78, 5) is 0.214. The quantitative estimate of drug-likeness (QED) is 0.729. The first-order valence-corrected chi connectivity index (χ1v) is 9.63. The lowest BCUT2D eigenvalue weighted by molar-refractivity contribution is 0.0620. The standard InChI is InChI=1S/C13H18Br2N2O3S/c1-17(8-9-2-4-20-5-3-9)21(18,19)13-11(14)6-10(16)7-12(13)15/h6-7,9H,2-5,8,16H2,1H3. The number of hydrogen-bond donors (Lipinski definition) is 1. The minimum atomic E-state index is -3.57. The summed E-state index contributed by atoms with van der Waals surface area (Å²) in [5, 5.41) is 0. The van der Waals surface area contributed by atoms with Crippen molar-refractivity contribution in [2.45, 2.75) is 17.7 Å². The number of nitrogen functional groups attached to an aromatic ring is 1. The van der Waals surface area contributed by atoms with Gasteiger partial charge in [0.05, 0.1) is 0 Å². The third kappa shape index (κ3) is 3.98. The third-order valence-corrected chi connectivity index (χ3v) is 7.25. The Hall–Kier alpha value is -0.150. The van der Waals surface area contributed by atoms with E-state index in [-0.39, 0.29) is 4.90 Å². The van der Waals surface area contributed by atoms with E-state index in [9.17, 15) is 8.42 Å². The summed E-state index contributed by atoms with van der Waals surface area (Å²) in [5.74, 6) is 0.338. The number of ether oxygens (including phenoxy) is 1. The van der Waals surface area contributed by atoms with Crippen molar-refractivity contribution in [3.05, 3.63) is 21.1 Å². The van der Waals surface area contributed by atoms with Crippen LogP contribution in [0.25, 0.3) is 0 Å². The number of hydrogen-bond acceptors (Lipinski definition) is 4. The molecule has 2 N–H and O–H groups in total. The van der Waals surface area contributed by atoms with Gasteiger partial charge in [0, 0.05) is 41.4 Å². The van der Waals surface area contributed by atoms with E-state index in [4.69, 9.17) is 10.5 Å². The van der Waals surface area contributed by atoms with Crippen LogP contribution in [0.2, 0.25) is 0 Å². The maximum Gasteiger partial charge on any atom is 0.245 e. The van der Waals surface area contributed by atoms with E-state index >= 15 is 0 Å². The fourth-order valence-corrected chi connectivity index (χ4v) is 6.15. The van der Waals surface area contributed by atoms with Crippen molar-refractivity contribution >= 4 is 47.6 Å². The van der Waals surface area contributed by atoms with Crippen LogP contribution in [-0.2, 0) is 14.8 Å². The molecule has 1 aliphatic rings. The van der Waals surface area contributed by atoms with Gasteiger partial charge < -0.3 is 10.5 Å². The van der Waals surface area contributed by atoms with Gasteiger partial charge in [-0.25, -0.2) is 12.7 Å². The molecule has 0 aromatic heterocycles. The number of benzene rings is 1. The maximum atomic E-state index is 12.8.